The van der Waals surface area contributed by atoms with Gasteiger partial charge in [-0.05, 0) is 48.9 Å². The number of nitrogens with zero attached hydrogens (tertiary/aromatic N) is 1. The maximum Gasteiger partial charge on any atom is 0.321 e. The van der Waals surface area contributed by atoms with Gasteiger partial charge in [-0.25, -0.2) is 4.79 Å². The van der Waals surface area contributed by atoms with Crippen molar-refractivity contribution in [1.82, 2.24) is 4.90 Å². The highest BCUT2D eigenvalue weighted by Gasteiger charge is 2.23. The summed E-state index contributed by atoms with van der Waals surface area (Å²) in [5, 5.41) is 3.90. The van der Waals surface area contributed by atoms with E-state index in [2.05, 4.69) is 29.6 Å². The number of halogens is 2. The standard InChI is InChI=1S/C19H20Cl2N2O/c20-16-6-7-17(21)18(13-16)22-19(24)23-10-8-15(9-11-23)12-14-4-2-1-3-5-14/h1-7,13,15H,8-12H2,(H,22,24). The van der Waals surface area contributed by atoms with E-state index in [1.54, 1.807) is 18.2 Å². The molecule has 3 nitrogen and oxygen atoms in total. The van der Waals surface area contributed by atoms with Gasteiger partial charge in [0.05, 0.1) is 10.7 Å². The van der Waals surface area contributed by atoms with E-state index in [0.29, 0.717) is 21.7 Å². The zero-order valence-corrected chi connectivity index (χ0v) is 14.9. The summed E-state index contributed by atoms with van der Waals surface area (Å²) in [6.07, 6.45) is 3.12. The Morgan fingerprint density at radius 1 is 1.08 bits per heavy atom. The number of carbonyl (C=O) groups excluding carboxylic acids is 1. The number of urea groups is 1. The summed E-state index contributed by atoms with van der Waals surface area (Å²) in [6, 6.07) is 15.5. The topological polar surface area (TPSA) is 32.3 Å². The summed E-state index contributed by atoms with van der Waals surface area (Å²) < 4.78 is 0. The summed E-state index contributed by atoms with van der Waals surface area (Å²) >= 11 is 12.1. The van der Waals surface area contributed by atoms with E-state index in [4.69, 9.17) is 23.2 Å². The molecular weight excluding hydrogens is 343 g/mol. The van der Waals surface area contributed by atoms with Crippen molar-refractivity contribution in [3.05, 3.63) is 64.1 Å². The van der Waals surface area contributed by atoms with Crippen LogP contribution in [0.4, 0.5) is 10.5 Å². The Labute approximate surface area is 152 Å². The fourth-order valence-electron chi connectivity index (χ4n) is 3.08. The Morgan fingerprint density at radius 3 is 2.50 bits per heavy atom. The minimum absolute atomic E-state index is 0.114. The van der Waals surface area contributed by atoms with Gasteiger partial charge in [0.15, 0.2) is 0 Å². The fourth-order valence-corrected chi connectivity index (χ4v) is 3.41. The monoisotopic (exact) mass is 362 g/mol. The maximum atomic E-state index is 12.4. The highest BCUT2D eigenvalue weighted by atomic mass is 35.5. The molecule has 0 aromatic heterocycles. The van der Waals surface area contributed by atoms with Crippen molar-refractivity contribution in [2.24, 2.45) is 5.92 Å². The molecule has 126 valence electrons. The van der Waals surface area contributed by atoms with Crippen molar-refractivity contribution in [3.63, 3.8) is 0 Å². The first-order chi connectivity index (χ1) is 11.6. The molecule has 1 heterocycles. The van der Waals surface area contributed by atoms with E-state index in [1.807, 2.05) is 11.0 Å². The third-order valence-corrected chi connectivity index (χ3v) is 5.00. The van der Waals surface area contributed by atoms with Crippen LogP contribution in [0.5, 0.6) is 0 Å². The van der Waals surface area contributed by atoms with Crippen LogP contribution in [0.1, 0.15) is 18.4 Å². The lowest BCUT2D eigenvalue weighted by molar-refractivity contribution is 0.182. The molecule has 0 spiro atoms. The van der Waals surface area contributed by atoms with Crippen LogP contribution in [-0.2, 0) is 6.42 Å². The second kappa shape index (κ2) is 7.91. The van der Waals surface area contributed by atoms with E-state index < -0.39 is 0 Å². The molecule has 1 N–H and O–H groups in total. The van der Waals surface area contributed by atoms with Crippen LogP contribution in [-0.4, -0.2) is 24.0 Å². The van der Waals surface area contributed by atoms with Gasteiger partial charge in [-0.2, -0.15) is 0 Å². The zero-order valence-electron chi connectivity index (χ0n) is 13.3. The first kappa shape index (κ1) is 17.1. The second-order valence-electron chi connectivity index (χ2n) is 6.17. The lowest BCUT2D eigenvalue weighted by Gasteiger charge is -2.32. The SMILES string of the molecule is O=C(Nc1cc(Cl)ccc1Cl)N1CCC(Cc2ccccc2)CC1. The molecule has 0 radical (unpaired) electrons. The number of hydrogen-bond donors (Lipinski definition) is 1. The largest absolute Gasteiger partial charge is 0.325 e. The van der Waals surface area contributed by atoms with Crippen LogP contribution < -0.4 is 5.32 Å². The third kappa shape index (κ3) is 4.43. The van der Waals surface area contributed by atoms with Crippen molar-refractivity contribution in [2.45, 2.75) is 19.3 Å². The number of likely N-dealkylation sites (tertiary alicyclic amines) is 1. The molecule has 0 unspecified atom stereocenters. The minimum Gasteiger partial charge on any atom is -0.325 e. The molecule has 1 aliphatic heterocycles. The van der Waals surface area contributed by atoms with Gasteiger partial charge in [0, 0.05) is 18.1 Å². The third-order valence-electron chi connectivity index (χ3n) is 4.44. The molecule has 0 saturated carbocycles. The molecule has 5 heteroatoms. The zero-order chi connectivity index (χ0) is 16.9. The number of anilines is 1. The Kier molecular flexibility index (Phi) is 5.64. The van der Waals surface area contributed by atoms with Gasteiger partial charge in [0.2, 0.25) is 0 Å². The van der Waals surface area contributed by atoms with Crippen LogP contribution in [0.2, 0.25) is 10.0 Å². The summed E-state index contributed by atoms with van der Waals surface area (Å²) in [4.78, 5) is 14.3. The molecule has 24 heavy (non-hydrogen) atoms. The first-order valence-electron chi connectivity index (χ1n) is 8.17. The average Bonchev–Trinajstić information content (AvgIpc) is 2.60. The number of carbonyl (C=O) groups is 1. The van der Waals surface area contributed by atoms with Gasteiger partial charge in [0.25, 0.3) is 0 Å². The van der Waals surface area contributed by atoms with Gasteiger partial charge >= 0.3 is 6.03 Å². The number of nitrogens with one attached hydrogen (secondary N) is 1. The van der Waals surface area contributed by atoms with Crippen LogP contribution in [0.15, 0.2) is 48.5 Å². The number of benzene rings is 2. The molecule has 3 rings (SSSR count). The molecule has 0 aliphatic carbocycles. The summed E-state index contributed by atoms with van der Waals surface area (Å²) in [7, 11) is 0. The first-order valence-corrected chi connectivity index (χ1v) is 8.92. The van der Waals surface area contributed by atoms with Gasteiger partial charge in [-0.15, -0.1) is 0 Å². The van der Waals surface area contributed by atoms with Crippen molar-refractivity contribution in [2.75, 3.05) is 18.4 Å². The molecule has 1 fully saturated rings. The van der Waals surface area contributed by atoms with Gasteiger partial charge in [-0.3, -0.25) is 0 Å². The Bertz CT molecular complexity index is 698. The molecule has 0 atom stereocenters. The van der Waals surface area contributed by atoms with Gasteiger partial charge in [-0.1, -0.05) is 53.5 Å². The van der Waals surface area contributed by atoms with E-state index in [0.717, 1.165) is 32.4 Å². The predicted octanol–water partition coefficient (Wildman–Crippen LogP) is 5.48. The van der Waals surface area contributed by atoms with Crippen LogP contribution in [0.25, 0.3) is 0 Å². The maximum absolute atomic E-state index is 12.4. The lowest BCUT2D eigenvalue weighted by atomic mass is 9.90. The predicted molar refractivity (Wildman–Crippen MR) is 99.9 cm³/mol. The number of amides is 2. The van der Waals surface area contributed by atoms with Crippen LogP contribution in [0, 0.1) is 5.92 Å². The summed E-state index contributed by atoms with van der Waals surface area (Å²) in [5.41, 5.74) is 1.92. The molecule has 1 aliphatic rings. The number of piperidine rings is 1. The van der Waals surface area contributed by atoms with E-state index in [9.17, 15) is 4.79 Å². The summed E-state index contributed by atoms with van der Waals surface area (Å²) in [5.74, 6) is 0.631. The smallest absolute Gasteiger partial charge is 0.321 e. The highest BCUT2D eigenvalue weighted by Crippen LogP contribution is 2.27. The highest BCUT2D eigenvalue weighted by molar-refractivity contribution is 6.35. The lowest BCUT2D eigenvalue weighted by Crippen LogP contribution is -2.41. The summed E-state index contributed by atoms with van der Waals surface area (Å²) in [6.45, 7) is 1.53. The molecule has 2 aromatic carbocycles. The van der Waals surface area contributed by atoms with E-state index >= 15 is 0 Å². The number of hydrogen-bond acceptors (Lipinski definition) is 1. The van der Waals surface area contributed by atoms with Gasteiger partial charge < -0.3 is 10.2 Å². The molecular formula is C19H20Cl2N2O. The van der Waals surface area contributed by atoms with Gasteiger partial charge in [0.1, 0.15) is 0 Å². The number of rotatable bonds is 3. The minimum atomic E-state index is -0.114. The molecule has 0 bridgehead atoms. The second-order valence-corrected chi connectivity index (χ2v) is 7.02. The van der Waals surface area contributed by atoms with E-state index in [1.165, 1.54) is 5.56 Å². The fraction of sp³-hybridized carbons (Fsp3) is 0.316. The van der Waals surface area contributed by atoms with Crippen molar-refractivity contribution in [1.29, 1.82) is 0 Å². The van der Waals surface area contributed by atoms with Crippen molar-refractivity contribution in [3.8, 4) is 0 Å². The van der Waals surface area contributed by atoms with E-state index in [-0.39, 0.29) is 6.03 Å². The Hall–Kier alpha value is -1.71. The molecule has 2 amide bonds. The normalized spacial score (nSPS) is 15.3. The average molecular weight is 363 g/mol. The quantitative estimate of drug-likeness (QED) is 0.769. The molecule has 2 aromatic rings. The Balaban J connectivity index is 1.52. The molecule has 1 saturated heterocycles. The Morgan fingerprint density at radius 2 is 1.79 bits per heavy atom. The van der Waals surface area contributed by atoms with Crippen LogP contribution in [0.3, 0.4) is 0 Å². The van der Waals surface area contributed by atoms with Crippen molar-refractivity contribution < 1.29 is 4.79 Å². The van der Waals surface area contributed by atoms with Crippen molar-refractivity contribution >= 4 is 34.9 Å². The van der Waals surface area contributed by atoms with Crippen LogP contribution >= 0.6 is 23.2 Å².